The fourth-order valence-corrected chi connectivity index (χ4v) is 2.54. The van der Waals surface area contributed by atoms with Crippen molar-refractivity contribution in [2.75, 3.05) is 5.32 Å². The van der Waals surface area contributed by atoms with E-state index >= 15 is 0 Å². The second kappa shape index (κ2) is 6.90. The number of amides is 1. The summed E-state index contributed by atoms with van der Waals surface area (Å²) in [6, 6.07) is 15.4. The van der Waals surface area contributed by atoms with Gasteiger partial charge in [-0.2, -0.15) is 0 Å². The Kier molecular flexibility index (Phi) is 4.94. The molecule has 1 N–H and O–H groups in total. The molecule has 2 aromatic carbocycles. The fraction of sp³-hybridized carbons (Fsp3) is 0.133. The number of carbonyl (C=O) groups excluding carboxylic acids is 1. The van der Waals surface area contributed by atoms with Gasteiger partial charge in [0, 0.05) is 22.7 Å². The SMILES string of the molecule is C[C@@H](Sc1ccc([N+](=O)[O-])cc1)C(=O)Nc1ccccc1. The maximum Gasteiger partial charge on any atom is 0.269 e. The number of thioether (sulfide) groups is 1. The van der Waals surface area contributed by atoms with E-state index in [1.807, 2.05) is 30.3 Å². The first-order valence-corrected chi connectivity index (χ1v) is 7.21. The molecule has 2 aromatic rings. The Labute approximate surface area is 126 Å². The van der Waals surface area contributed by atoms with Gasteiger partial charge in [0.15, 0.2) is 0 Å². The summed E-state index contributed by atoms with van der Waals surface area (Å²) in [4.78, 5) is 23.0. The average molecular weight is 302 g/mol. The van der Waals surface area contributed by atoms with E-state index in [4.69, 9.17) is 0 Å². The lowest BCUT2D eigenvalue weighted by molar-refractivity contribution is -0.384. The summed E-state index contributed by atoms with van der Waals surface area (Å²) in [6.45, 7) is 1.80. The predicted molar refractivity (Wildman–Crippen MR) is 83.5 cm³/mol. The van der Waals surface area contributed by atoms with Gasteiger partial charge < -0.3 is 5.32 Å². The van der Waals surface area contributed by atoms with E-state index in [-0.39, 0.29) is 16.8 Å². The van der Waals surface area contributed by atoms with E-state index in [0.29, 0.717) is 0 Å². The van der Waals surface area contributed by atoms with Crippen LogP contribution < -0.4 is 5.32 Å². The van der Waals surface area contributed by atoms with Crippen molar-refractivity contribution in [3.8, 4) is 0 Å². The molecule has 0 aliphatic heterocycles. The number of hydrogen-bond acceptors (Lipinski definition) is 4. The van der Waals surface area contributed by atoms with Gasteiger partial charge in [-0.25, -0.2) is 0 Å². The lowest BCUT2D eigenvalue weighted by Crippen LogP contribution is -2.22. The number of para-hydroxylation sites is 1. The van der Waals surface area contributed by atoms with Gasteiger partial charge in [-0.05, 0) is 31.2 Å². The molecule has 0 aliphatic carbocycles. The molecule has 0 radical (unpaired) electrons. The first kappa shape index (κ1) is 15.1. The van der Waals surface area contributed by atoms with Crippen LogP contribution in [-0.4, -0.2) is 16.1 Å². The van der Waals surface area contributed by atoms with Crippen molar-refractivity contribution in [3.63, 3.8) is 0 Å². The minimum Gasteiger partial charge on any atom is -0.325 e. The van der Waals surface area contributed by atoms with Gasteiger partial charge in [0.25, 0.3) is 5.69 Å². The van der Waals surface area contributed by atoms with Gasteiger partial charge in [-0.1, -0.05) is 18.2 Å². The number of nitro groups is 1. The molecule has 0 fully saturated rings. The van der Waals surface area contributed by atoms with E-state index in [9.17, 15) is 14.9 Å². The number of nitrogens with zero attached hydrogens (tertiary/aromatic N) is 1. The van der Waals surface area contributed by atoms with Gasteiger partial charge in [0.05, 0.1) is 10.2 Å². The molecule has 0 aromatic heterocycles. The van der Waals surface area contributed by atoms with Crippen LogP contribution >= 0.6 is 11.8 Å². The summed E-state index contributed by atoms with van der Waals surface area (Å²) in [6.07, 6.45) is 0. The Morgan fingerprint density at radius 2 is 1.76 bits per heavy atom. The van der Waals surface area contributed by atoms with Crippen molar-refractivity contribution in [2.24, 2.45) is 0 Å². The van der Waals surface area contributed by atoms with Crippen molar-refractivity contribution in [1.29, 1.82) is 0 Å². The molecule has 108 valence electrons. The lowest BCUT2D eigenvalue weighted by atomic mass is 10.3. The molecule has 0 saturated carbocycles. The molecule has 21 heavy (non-hydrogen) atoms. The number of rotatable bonds is 5. The number of non-ortho nitro benzene ring substituents is 1. The Morgan fingerprint density at radius 3 is 2.33 bits per heavy atom. The zero-order valence-electron chi connectivity index (χ0n) is 11.4. The number of anilines is 1. The van der Waals surface area contributed by atoms with Gasteiger partial charge in [0.2, 0.25) is 5.91 Å². The fourth-order valence-electron chi connectivity index (χ4n) is 1.67. The highest BCUT2D eigenvalue weighted by Crippen LogP contribution is 2.26. The second-order valence-electron chi connectivity index (χ2n) is 4.37. The third-order valence-electron chi connectivity index (χ3n) is 2.77. The quantitative estimate of drug-likeness (QED) is 0.519. The maximum absolute atomic E-state index is 12.1. The molecule has 0 spiro atoms. The summed E-state index contributed by atoms with van der Waals surface area (Å²) in [5.74, 6) is -0.107. The first-order valence-electron chi connectivity index (χ1n) is 6.33. The number of nitrogens with one attached hydrogen (secondary N) is 1. The Balaban J connectivity index is 1.95. The Bertz CT molecular complexity index is 629. The minimum atomic E-state index is -0.444. The zero-order valence-corrected chi connectivity index (χ0v) is 12.2. The van der Waals surface area contributed by atoms with Crippen LogP contribution in [0.3, 0.4) is 0 Å². The molecule has 6 heteroatoms. The van der Waals surface area contributed by atoms with Crippen LogP contribution in [0.25, 0.3) is 0 Å². The van der Waals surface area contributed by atoms with Crippen LogP contribution in [0.1, 0.15) is 6.92 Å². The normalized spacial score (nSPS) is 11.7. The number of nitro benzene ring substituents is 1. The molecule has 0 aliphatic rings. The zero-order chi connectivity index (χ0) is 15.2. The average Bonchev–Trinajstić information content (AvgIpc) is 2.48. The Morgan fingerprint density at radius 1 is 1.14 bits per heavy atom. The smallest absolute Gasteiger partial charge is 0.269 e. The molecule has 0 saturated heterocycles. The van der Waals surface area contributed by atoms with Crippen LogP contribution in [0.15, 0.2) is 59.5 Å². The van der Waals surface area contributed by atoms with Gasteiger partial charge in [0.1, 0.15) is 0 Å². The van der Waals surface area contributed by atoms with E-state index in [1.165, 1.54) is 23.9 Å². The molecule has 0 unspecified atom stereocenters. The number of carbonyl (C=O) groups is 1. The van der Waals surface area contributed by atoms with Gasteiger partial charge >= 0.3 is 0 Å². The second-order valence-corrected chi connectivity index (χ2v) is 5.78. The van der Waals surface area contributed by atoms with Crippen molar-refractivity contribution in [1.82, 2.24) is 0 Å². The molecule has 1 amide bonds. The van der Waals surface area contributed by atoms with E-state index in [0.717, 1.165) is 10.6 Å². The molecule has 5 nitrogen and oxygen atoms in total. The largest absolute Gasteiger partial charge is 0.325 e. The molecule has 0 heterocycles. The van der Waals surface area contributed by atoms with Crippen LogP contribution in [-0.2, 0) is 4.79 Å². The minimum absolute atomic E-state index is 0.0424. The third kappa shape index (κ3) is 4.32. The summed E-state index contributed by atoms with van der Waals surface area (Å²) in [5, 5.41) is 13.1. The molecule has 2 rings (SSSR count). The van der Waals surface area contributed by atoms with Gasteiger partial charge in [-0.3, -0.25) is 14.9 Å². The predicted octanol–water partition coefficient (Wildman–Crippen LogP) is 3.71. The molecule has 1 atom stereocenters. The summed E-state index contributed by atoms with van der Waals surface area (Å²) >= 11 is 1.36. The monoisotopic (exact) mass is 302 g/mol. The van der Waals surface area contributed by atoms with E-state index in [2.05, 4.69) is 5.32 Å². The van der Waals surface area contributed by atoms with Crippen LogP contribution in [0.5, 0.6) is 0 Å². The highest BCUT2D eigenvalue weighted by Gasteiger charge is 2.15. The number of benzene rings is 2. The highest BCUT2D eigenvalue weighted by atomic mass is 32.2. The standard InChI is InChI=1S/C15H14N2O3S/c1-11(15(18)16-12-5-3-2-4-6-12)21-14-9-7-13(8-10-14)17(19)20/h2-11H,1H3,(H,16,18)/t11-/m1/s1. The lowest BCUT2D eigenvalue weighted by Gasteiger charge is -2.11. The molecular formula is C15H14N2O3S. The van der Waals surface area contributed by atoms with Crippen molar-refractivity contribution in [2.45, 2.75) is 17.1 Å². The third-order valence-corrected chi connectivity index (χ3v) is 3.88. The van der Waals surface area contributed by atoms with E-state index < -0.39 is 4.92 Å². The maximum atomic E-state index is 12.1. The van der Waals surface area contributed by atoms with Crippen LogP contribution in [0, 0.1) is 10.1 Å². The molecule has 0 bridgehead atoms. The topological polar surface area (TPSA) is 72.2 Å². The Hall–Kier alpha value is -2.34. The summed E-state index contributed by atoms with van der Waals surface area (Å²) < 4.78 is 0. The van der Waals surface area contributed by atoms with E-state index in [1.54, 1.807) is 19.1 Å². The van der Waals surface area contributed by atoms with Crippen molar-refractivity contribution < 1.29 is 9.72 Å². The first-order chi connectivity index (χ1) is 10.1. The highest BCUT2D eigenvalue weighted by molar-refractivity contribution is 8.00. The summed E-state index contributed by atoms with van der Waals surface area (Å²) in [7, 11) is 0. The van der Waals surface area contributed by atoms with Crippen molar-refractivity contribution in [3.05, 3.63) is 64.7 Å². The van der Waals surface area contributed by atoms with Crippen LogP contribution in [0.4, 0.5) is 11.4 Å². The molecular weight excluding hydrogens is 288 g/mol. The number of hydrogen-bond donors (Lipinski definition) is 1. The van der Waals surface area contributed by atoms with Crippen LogP contribution in [0.2, 0.25) is 0 Å². The van der Waals surface area contributed by atoms with Gasteiger partial charge in [-0.15, -0.1) is 11.8 Å². The van der Waals surface area contributed by atoms with Crippen molar-refractivity contribution >= 4 is 29.0 Å². The summed E-state index contributed by atoms with van der Waals surface area (Å²) in [5.41, 5.74) is 0.791.